The van der Waals surface area contributed by atoms with Crippen LogP contribution in [0.15, 0.2) is 48.0 Å². The van der Waals surface area contributed by atoms with Crippen LogP contribution >= 0.6 is 22.9 Å². The molecule has 1 aromatic carbocycles. The van der Waals surface area contributed by atoms with Crippen LogP contribution < -0.4 is 10.1 Å². The molecule has 6 nitrogen and oxygen atoms in total. The number of pyridine rings is 1. The lowest BCUT2D eigenvalue weighted by atomic mass is 10.2. The van der Waals surface area contributed by atoms with E-state index in [1.165, 1.54) is 35.6 Å². The molecule has 0 saturated heterocycles. The van der Waals surface area contributed by atoms with Crippen molar-refractivity contribution in [3.63, 3.8) is 0 Å². The quantitative estimate of drug-likeness (QED) is 0.395. The summed E-state index contributed by atoms with van der Waals surface area (Å²) in [6.45, 7) is 2.10. The number of nitrogens with one attached hydrogen (secondary N) is 1. The highest BCUT2D eigenvalue weighted by Gasteiger charge is 2.31. The number of nitrogens with zero attached hydrogens (tertiary/aromatic N) is 3. The molecular weight excluding hydrogens is 465 g/mol. The van der Waals surface area contributed by atoms with Gasteiger partial charge in [0.2, 0.25) is 0 Å². The topological polar surface area (TPSA) is 68.5 Å². The number of fused-ring (bicyclic) bond motifs is 1. The van der Waals surface area contributed by atoms with E-state index in [9.17, 15) is 18.0 Å². The van der Waals surface area contributed by atoms with Gasteiger partial charge in [-0.1, -0.05) is 18.5 Å². The van der Waals surface area contributed by atoms with E-state index in [4.69, 9.17) is 11.6 Å². The Labute approximate surface area is 189 Å². The van der Waals surface area contributed by atoms with E-state index in [1.54, 1.807) is 28.1 Å². The van der Waals surface area contributed by atoms with Crippen LogP contribution in [0.25, 0.3) is 16.2 Å². The van der Waals surface area contributed by atoms with Gasteiger partial charge in [-0.15, -0.1) is 24.5 Å². The molecular formula is C21H16ClF3N4O2S. The molecule has 0 atom stereocenters. The van der Waals surface area contributed by atoms with Crippen molar-refractivity contribution < 1.29 is 22.7 Å². The minimum atomic E-state index is -4.74. The molecule has 1 N–H and O–H groups in total. The van der Waals surface area contributed by atoms with Gasteiger partial charge in [0, 0.05) is 17.1 Å². The third-order valence-electron chi connectivity index (χ3n) is 4.52. The van der Waals surface area contributed by atoms with Gasteiger partial charge >= 0.3 is 6.36 Å². The molecule has 1 amide bonds. The fourth-order valence-electron chi connectivity index (χ4n) is 3.13. The standard InChI is InChI=1S/C21H16ClF3N4O2S/c1-2-16-18(29-10-13(22)5-8-17(29)28-16)19(30)26-9-14-11-32-20(27-14)12-3-6-15(7-4-12)31-21(23,24)25/h3-8,10-11H,2,9H2,1H3,(H,26,30). The Kier molecular flexibility index (Phi) is 6.07. The first kappa shape index (κ1) is 22.1. The molecule has 0 spiro atoms. The van der Waals surface area contributed by atoms with Crippen LogP contribution in [0.3, 0.4) is 0 Å². The van der Waals surface area contributed by atoms with Crippen molar-refractivity contribution in [1.29, 1.82) is 0 Å². The van der Waals surface area contributed by atoms with Gasteiger partial charge in [0.05, 0.1) is 23.0 Å². The summed E-state index contributed by atoms with van der Waals surface area (Å²) in [7, 11) is 0. The summed E-state index contributed by atoms with van der Waals surface area (Å²) in [6, 6.07) is 8.91. The van der Waals surface area contributed by atoms with Crippen LogP contribution in [0.5, 0.6) is 5.75 Å². The van der Waals surface area contributed by atoms with Gasteiger partial charge in [-0.25, -0.2) is 9.97 Å². The molecule has 4 aromatic rings. The molecule has 0 aliphatic rings. The summed E-state index contributed by atoms with van der Waals surface area (Å²) < 4.78 is 42.4. The fourth-order valence-corrected chi connectivity index (χ4v) is 4.12. The maximum absolute atomic E-state index is 12.9. The molecule has 3 aromatic heterocycles. The number of benzene rings is 1. The smallest absolute Gasteiger partial charge is 0.406 e. The first-order chi connectivity index (χ1) is 15.2. The Hall–Kier alpha value is -3.11. The second kappa shape index (κ2) is 8.79. The number of halogens is 4. The number of carbonyl (C=O) groups excluding carboxylic acids is 1. The van der Waals surface area contributed by atoms with E-state index < -0.39 is 6.36 Å². The lowest BCUT2D eigenvalue weighted by Crippen LogP contribution is -2.25. The zero-order chi connectivity index (χ0) is 22.9. The molecule has 0 unspecified atom stereocenters. The van der Waals surface area contributed by atoms with E-state index in [-0.39, 0.29) is 18.2 Å². The molecule has 0 aliphatic carbocycles. The number of rotatable bonds is 6. The van der Waals surface area contributed by atoms with Crippen molar-refractivity contribution in [2.45, 2.75) is 26.3 Å². The van der Waals surface area contributed by atoms with Crippen LogP contribution in [0.2, 0.25) is 5.02 Å². The molecule has 3 heterocycles. The van der Waals surface area contributed by atoms with E-state index in [1.807, 2.05) is 6.92 Å². The number of thiazole rings is 1. The van der Waals surface area contributed by atoms with Gasteiger partial charge in [0.15, 0.2) is 0 Å². The zero-order valence-corrected chi connectivity index (χ0v) is 18.2. The summed E-state index contributed by atoms with van der Waals surface area (Å²) in [4.78, 5) is 21.8. The van der Waals surface area contributed by atoms with Crippen molar-refractivity contribution >= 4 is 34.5 Å². The van der Waals surface area contributed by atoms with Gasteiger partial charge < -0.3 is 10.1 Å². The Morgan fingerprint density at radius 2 is 1.94 bits per heavy atom. The van der Waals surface area contributed by atoms with Gasteiger partial charge in [-0.05, 0) is 42.8 Å². The van der Waals surface area contributed by atoms with Crippen molar-refractivity contribution in [2.75, 3.05) is 0 Å². The van der Waals surface area contributed by atoms with Crippen molar-refractivity contribution in [3.05, 3.63) is 70.1 Å². The number of carbonyl (C=O) groups is 1. The van der Waals surface area contributed by atoms with Gasteiger partial charge in [-0.2, -0.15) is 0 Å². The summed E-state index contributed by atoms with van der Waals surface area (Å²) >= 11 is 7.39. The third kappa shape index (κ3) is 4.86. The average molecular weight is 481 g/mol. The van der Waals surface area contributed by atoms with Crippen LogP contribution in [-0.2, 0) is 13.0 Å². The fraction of sp³-hybridized carbons (Fsp3) is 0.190. The van der Waals surface area contributed by atoms with Gasteiger partial charge in [0.1, 0.15) is 22.1 Å². The number of alkyl halides is 3. The second-order valence-electron chi connectivity index (χ2n) is 6.74. The Morgan fingerprint density at radius 1 is 1.19 bits per heavy atom. The first-order valence-electron chi connectivity index (χ1n) is 9.49. The molecule has 11 heteroatoms. The molecule has 0 radical (unpaired) electrons. The highest BCUT2D eigenvalue weighted by atomic mass is 35.5. The summed E-state index contributed by atoms with van der Waals surface area (Å²) in [6.07, 6.45) is -2.51. The molecule has 0 saturated carbocycles. The lowest BCUT2D eigenvalue weighted by molar-refractivity contribution is -0.274. The van der Waals surface area contributed by atoms with E-state index in [2.05, 4.69) is 20.0 Å². The second-order valence-corrected chi connectivity index (χ2v) is 8.03. The molecule has 0 bridgehead atoms. The summed E-state index contributed by atoms with van der Waals surface area (Å²) in [5, 5.41) is 5.73. The minimum Gasteiger partial charge on any atom is -0.406 e. The Morgan fingerprint density at radius 3 is 2.62 bits per heavy atom. The number of imidazole rings is 1. The number of hydrogen-bond donors (Lipinski definition) is 1. The predicted molar refractivity (Wildman–Crippen MR) is 115 cm³/mol. The number of hydrogen-bond acceptors (Lipinski definition) is 5. The minimum absolute atomic E-state index is 0.182. The summed E-state index contributed by atoms with van der Waals surface area (Å²) in [5.41, 5.74) is 2.97. The van der Waals surface area contributed by atoms with Crippen molar-refractivity contribution in [3.8, 4) is 16.3 Å². The summed E-state index contributed by atoms with van der Waals surface area (Å²) in [5.74, 6) is -0.607. The predicted octanol–water partition coefficient (Wildman–Crippen LogP) is 5.50. The highest BCUT2D eigenvalue weighted by Crippen LogP contribution is 2.28. The van der Waals surface area contributed by atoms with E-state index >= 15 is 0 Å². The van der Waals surface area contributed by atoms with Crippen molar-refractivity contribution in [1.82, 2.24) is 19.7 Å². The van der Waals surface area contributed by atoms with Crippen LogP contribution in [0.4, 0.5) is 13.2 Å². The van der Waals surface area contributed by atoms with Crippen molar-refractivity contribution in [2.24, 2.45) is 0 Å². The highest BCUT2D eigenvalue weighted by molar-refractivity contribution is 7.13. The first-order valence-corrected chi connectivity index (χ1v) is 10.7. The maximum atomic E-state index is 12.9. The number of ether oxygens (including phenoxy) is 1. The molecule has 4 rings (SSSR count). The number of aryl methyl sites for hydroxylation is 1. The molecule has 166 valence electrons. The molecule has 0 aliphatic heterocycles. The van der Waals surface area contributed by atoms with Gasteiger partial charge in [0.25, 0.3) is 5.91 Å². The monoisotopic (exact) mass is 480 g/mol. The molecule has 32 heavy (non-hydrogen) atoms. The number of aromatic nitrogens is 3. The van der Waals surface area contributed by atoms with Crippen LogP contribution in [0.1, 0.15) is 28.8 Å². The Bertz CT molecular complexity index is 1270. The SMILES string of the molecule is CCc1nc2ccc(Cl)cn2c1C(=O)NCc1csc(-c2ccc(OC(F)(F)F)cc2)n1. The van der Waals surface area contributed by atoms with Crippen LogP contribution in [0, 0.1) is 0 Å². The third-order valence-corrected chi connectivity index (χ3v) is 5.69. The average Bonchev–Trinajstić information content (AvgIpc) is 3.35. The number of amides is 1. The molecule has 0 fully saturated rings. The van der Waals surface area contributed by atoms with Gasteiger partial charge in [-0.3, -0.25) is 9.20 Å². The maximum Gasteiger partial charge on any atom is 0.573 e. The largest absolute Gasteiger partial charge is 0.573 e. The lowest BCUT2D eigenvalue weighted by Gasteiger charge is -2.08. The zero-order valence-electron chi connectivity index (χ0n) is 16.6. The Balaban J connectivity index is 1.46. The normalized spacial score (nSPS) is 11.7. The van der Waals surface area contributed by atoms with Crippen LogP contribution in [-0.4, -0.2) is 26.6 Å². The van der Waals surface area contributed by atoms with E-state index in [0.717, 1.165) is 0 Å². The van der Waals surface area contributed by atoms with E-state index in [0.29, 0.717) is 44.7 Å².